The minimum Gasteiger partial charge on any atom is -0.495 e. The summed E-state index contributed by atoms with van der Waals surface area (Å²) in [5, 5.41) is 0. The molecule has 0 amide bonds. The number of pyridine rings is 1. The van der Waals surface area contributed by atoms with E-state index in [0.29, 0.717) is 0 Å². The third-order valence-electron chi connectivity index (χ3n) is 3.16. The van der Waals surface area contributed by atoms with Gasteiger partial charge < -0.3 is 4.74 Å². The van der Waals surface area contributed by atoms with Crippen molar-refractivity contribution >= 4 is 0 Å². The first-order valence-electron chi connectivity index (χ1n) is 5.50. The van der Waals surface area contributed by atoms with Crippen molar-refractivity contribution < 1.29 is 4.74 Å². The van der Waals surface area contributed by atoms with Crippen molar-refractivity contribution in [2.75, 3.05) is 7.11 Å². The van der Waals surface area contributed by atoms with Gasteiger partial charge in [-0.3, -0.25) is 16.3 Å². The zero-order valence-corrected chi connectivity index (χ0v) is 10.4. The highest BCUT2D eigenvalue weighted by Crippen LogP contribution is 2.36. The van der Waals surface area contributed by atoms with Gasteiger partial charge in [-0.25, -0.2) is 0 Å². The van der Waals surface area contributed by atoms with E-state index < -0.39 is 0 Å². The lowest BCUT2D eigenvalue weighted by atomic mass is 9.79. The molecular weight excluding hydrogens is 202 g/mol. The maximum absolute atomic E-state index is 5.64. The molecule has 0 aliphatic rings. The molecule has 16 heavy (non-hydrogen) atoms. The molecule has 3 N–H and O–H groups in total. The minimum absolute atomic E-state index is 0.0695. The fourth-order valence-corrected chi connectivity index (χ4v) is 1.68. The largest absolute Gasteiger partial charge is 0.495 e. The molecule has 0 fully saturated rings. The van der Waals surface area contributed by atoms with E-state index in [0.717, 1.165) is 17.7 Å². The second-order valence-corrected chi connectivity index (χ2v) is 4.60. The standard InChI is InChI=1S/C12H21N3O/c1-5-12(2,3)11(15-13)9-6-10(16-4)8-14-7-9/h6-8,11,15H,5,13H2,1-4H3. The van der Waals surface area contributed by atoms with Crippen LogP contribution in [0.4, 0.5) is 0 Å². The molecule has 0 aliphatic heterocycles. The number of nitrogens with one attached hydrogen (secondary N) is 1. The molecule has 4 nitrogen and oxygen atoms in total. The Kier molecular flexibility index (Phi) is 4.26. The molecule has 1 heterocycles. The summed E-state index contributed by atoms with van der Waals surface area (Å²) in [5.41, 5.74) is 3.99. The third-order valence-corrected chi connectivity index (χ3v) is 3.16. The van der Waals surface area contributed by atoms with E-state index in [1.807, 2.05) is 12.3 Å². The molecule has 1 unspecified atom stereocenters. The number of nitrogens with zero attached hydrogens (tertiary/aromatic N) is 1. The summed E-state index contributed by atoms with van der Waals surface area (Å²) in [6, 6.07) is 2.04. The van der Waals surface area contributed by atoms with Crippen LogP contribution in [0.1, 0.15) is 38.8 Å². The zero-order chi connectivity index (χ0) is 12.2. The number of hydrazine groups is 1. The van der Waals surface area contributed by atoms with E-state index in [4.69, 9.17) is 10.6 Å². The van der Waals surface area contributed by atoms with Crippen molar-refractivity contribution in [3.63, 3.8) is 0 Å². The van der Waals surface area contributed by atoms with Crippen LogP contribution in [0.5, 0.6) is 5.75 Å². The second-order valence-electron chi connectivity index (χ2n) is 4.60. The maximum atomic E-state index is 5.64. The van der Waals surface area contributed by atoms with Gasteiger partial charge in [0, 0.05) is 6.20 Å². The van der Waals surface area contributed by atoms with E-state index in [1.54, 1.807) is 13.3 Å². The molecule has 4 heteroatoms. The van der Waals surface area contributed by atoms with Crippen LogP contribution in [0.25, 0.3) is 0 Å². The van der Waals surface area contributed by atoms with Gasteiger partial charge in [0.05, 0.1) is 19.3 Å². The fraction of sp³-hybridized carbons (Fsp3) is 0.583. The number of ether oxygens (including phenoxy) is 1. The zero-order valence-electron chi connectivity index (χ0n) is 10.4. The summed E-state index contributed by atoms with van der Waals surface area (Å²) >= 11 is 0. The van der Waals surface area contributed by atoms with Crippen molar-refractivity contribution in [1.29, 1.82) is 0 Å². The summed E-state index contributed by atoms with van der Waals surface area (Å²) in [7, 11) is 1.64. The van der Waals surface area contributed by atoms with Crippen LogP contribution in [-0.2, 0) is 0 Å². The highest BCUT2D eigenvalue weighted by Gasteiger charge is 2.28. The van der Waals surface area contributed by atoms with Gasteiger partial charge in [-0.15, -0.1) is 0 Å². The summed E-state index contributed by atoms with van der Waals surface area (Å²) in [6.45, 7) is 6.51. The average molecular weight is 223 g/mol. The summed E-state index contributed by atoms with van der Waals surface area (Å²) in [6.07, 6.45) is 4.54. The Morgan fingerprint density at radius 3 is 2.69 bits per heavy atom. The number of hydrogen-bond donors (Lipinski definition) is 2. The van der Waals surface area contributed by atoms with Gasteiger partial charge in [0.2, 0.25) is 0 Å². The molecule has 0 aromatic carbocycles. The molecule has 1 rings (SSSR count). The average Bonchev–Trinajstić information content (AvgIpc) is 2.30. The smallest absolute Gasteiger partial charge is 0.137 e. The van der Waals surface area contributed by atoms with Gasteiger partial charge in [-0.1, -0.05) is 20.8 Å². The topological polar surface area (TPSA) is 60.2 Å². The first-order chi connectivity index (χ1) is 7.55. The molecule has 1 atom stereocenters. The molecule has 0 radical (unpaired) electrons. The van der Waals surface area contributed by atoms with E-state index >= 15 is 0 Å². The van der Waals surface area contributed by atoms with Crippen molar-refractivity contribution in [2.24, 2.45) is 11.3 Å². The van der Waals surface area contributed by atoms with Crippen molar-refractivity contribution in [3.8, 4) is 5.75 Å². The Bertz CT molecular complexity index is 339. The Labute approximate surface area is 97.2 Å². The number of hydrogen-bond acceptors (Lipinski definition) is 4. The van der Waals surface area contributed by atoms with Crippen LogP contribution in [0.3, 0.4) is 0 Å². The molecule has 0 saturated heterocycles. The normalized spacial score (nSPS) is 13.6. The minimum atomic E-state index is 0.0695. The van der Waals surface area contributed by atoms with Gasteiger partial charge in [0.15, 0.2) is 0 Å². The number of methoxy groups -OCH3 is 1. The van der Waals surface area contributed by atoms with Crippen LogP contribution in [0, 0.1) is 5.41 Å². The molecule has 0 aliphatic carbocycles. The van der Waals surface area contributed by atoms with Gasteiger partial charge in [-0.05, 0) is 23.5 Å². The van der Waals surface area contributed by atoms with E-state index in [9.17, 15) is 0 Å². The predicted octanol–water partition coefficient (Wildman–Crippen LogP) is 2.03. The highest BCUT2D eigenvalue weighted by atomic mass is 16.5. The molecule has 0 saturated carbocycles. The van der Waals surface area contributed by atoms with E-state index in [1.165, 1.54) is 0 Å². The van der Waals surface area contributed by atoms with Gasteiger partial charge in [0.25, 0.3) is 0 Å². The Hall–Kier alpha value is -1.13. The lowest BCUT2D eigenvalue weighted by Crippen LogP contribution is -2.38. The SMILES string of the molecule is CCC(C)(C)C(NN)c1cncc(OC)c1. The first-order valence-corrected chi connectivity index (χ1v) is 5.50. The monoisotopic (exact) mass is 223 g/mol. The van der Waals surface area contributed by atoms with Crippen molar-refractivity contribution in [1.82, 2.24) is 10.4 Å². The van der Waals surface area contributed by atoms with Crippen molar-refractivity contribution in [3.05, 3.63) is 24.0 Å². The highest BCUT2D eigenvalue weighted by molar-refractivity contribution is 5.27. The first kappa shape index (κ1) is 12.9. The van der Waals surface area contributed by atoms with E-state index in [2.05, 4.69) is 31.2 Å². The summed E-state index contributed by atoms with van der Waals surface area (Å²) < 4.78 is 5.16. The van der Waals surface area contributed by atoms with Crippen LogP contribution in [0.2, 0.25) is 0 Å². The molecule has 0 spiro atoms. The molecule has 1 aromatic heterocycles. The lowest BCUT2D eigenvalue weighted by Gasteiger charge is -2.33. The lowest BCUT2D eigenvalue weighted by molar-refractivity contribution is 0.235. The van der Waals surface area contributed by atoms with Gasteiger partial charge in [0.1, 0.15) is 5.75 Å². The van der Waals surface area contributed by atoms with Gasteiger partial charge in [-0.2, -0.15) is 0 Å². The Morgan fingerprint density at radius 1 is 1.50 bits per heavy atom. The van der Waals surface area contributed by atoms with E-state index in [-0.39, 0.29) is 11.5 Å². The number of rotatable bonds is 5. The van der Waals surface area contributed by atoms with Crippen LogP contribution < -0.4 is 16.0 Å². The summed E-state index contributed by atoms with van der Waals surface area (Å²) in [4.78, 5) is 4.15. The molecule has 0 bridgehead atoms. The molecule has 90 valence electrons. The Balaban J connectivity index is 3.03. The number of aromatic nitrogens is 1. The molecular formula is C12H21N3O. The second kappa shape index (κ2) is 5.27. The van der Waals surface area contributed by atoms with Crippen LogP contribution in [-0.4, -0.2) is 12.1 Å². The van der Waals surface area contributed by atoms with Gasteiger partial charge >= 0.3 is 0 Å². The maximum Gasteiger partial charge on any atom is 0.137 e. The fourth-order valence-electron chi connectivity index (χ4n) is 1.68. The summed E-state index contributed by atoms with van der Waals surface area (Å²) in [5.74, 6) is 6.39. The van der Waals surface area contributed by atoms with Crippen molar-refractivity contribution in [2.45, 2.75) is 33.2 Å². The third kappa shape index (κ3) is 2.71. The van der Waals surface area contributed by atoms with Crippen LogP contribution in [0.15, 0.2) is 18.5 Å². The molecule has 1 aromatic rings. The predicted molar refractivity (Wildman–Crippen MR) is 64.9 cm³/mol. The Morgan fingerprint density at radius 2 is 2.19 bits per heavy atom. The van der Waals surface area contributed by atoms with Crippen LogP contribution >= 0.6 is 0 Å². The number of nitrogens with two attached hydrogens (primary N) is 1. The quantitative estimate of drug-likeness (QED) is 0.592.